The van der Waals surface area contributed by atoms with Crippen LogP contribution in [0.15, 0.2) is 10.5 Å². The second-order valence-corrected chi connectivity index (χ2v) is 5.32. The summed E-state index contributed by atoms with van der Waals surface area (Å²) < 4.78 is 6.17. The third-order valence-corrected chi connectivity index (χ3v) is 3.34. The minimum absolute atomic E-state index is 0.159. The molecule has 0 radical (unpaired) electrons. The normalized spacial score (nSPS) is 12.7. The van der Waals surface area contributed by atoms with Crippen molar-refractivity contribution in [3.63, 3.8) is 0 Å². The van der Waals surface area contributed by atoms with Crippen molar-refractivity contribution in [3.8, 4) is 0 Å². The van der Waals surface area contributed by atoms with Gasteiger partial charge in [-0.05, 0) is 39.1 Å². The number of hydrogen-bond acceptors (Lipinski definition) is 5. The van der Waals surface area contributed by atoms with Crippen LogP contribution in [0.2, 0.25) is 0 Å². The lowest BCUT2D eigenvalue weighted by molar-refractivity contribution is 0.500. The van der Waals surface area contributed by atoms with E-state index in [9.17, 15) is 0 Å². The summed E-state index contributed by atoms with van der Waals surface area (Å²) in [6.07, 6.45) is 0. The molecule has 2 aromatic rings. The van der Waals surface area contributed by atoms with Crippen LogP contribution in [0.4, 0.5) is 5.13 Å². The molecule has 0 saturated carbocycles. The summed E-state index contributed by atoms with van der Waals surface area (Å²) in [5.74, 6) is 1.87. The smallest absolute Gasteiger partial charge is 0.204 e. The van der Waals surface area contributed by atoms with Gasteiger partial charge in [0.25, 0.3) is 0 Å². The van der Waals surface area contributed by atoms with Crippen LogP contribution in [-0.4, -0.2) is 10.2 Å². The van der Waals surface area contributed by atoms with Gasteiger partial charge in [-0.2, -0.15) is 0 Å². The first-order valence-electron chi connectivity index (χ1n) is 4.95. The van der Waals surface area contributed by atoms with Gasteiger partial charge in [-0.25, -0.2) is 0 Å². The average molecular weight is 255 g/mol. The summed E-state index contributed by atoms with van der Waals surface area (Å²) in [5.41, 5.74) is 1.15. The molecule has 0 spiro atoms. The van der Waals surface area contributed by atoms with Crippen molar-refractivity contribution in [2.45, 2.75) is 26.8 Å². The molecule has 0 amide bonds. The van der Waals surface area contributed by atoms with E-state index in [1.54, 1.807) is 0 Å². The Bertz CT molecular complexity index is 540. The van der Waals surface area contributed by atoms with Crippen LogP contribution in [-0.2, 0) is 0 Å². The van der Waals surface area contributed by atoms with Crippen LogP contribution >= 0.6 is 23.6 Å². The van der Waals surface area contributed by atoms with Gasteiger partial charge < -0.3 is 9.73 Å². The number of hydrogen-bond donors (Lipinski definition) is 2. The third-order valence-electron chi connectivity index (χ3n) is 2.32. The van der Waals surface area contributed by atoms with Crippen molar-refractivity contribution in [3.05, 3.63) is 27.1 Å². The number of aromatic nitrogens is 2. The maximum Gasteiger partial charge on any atom is 0.204 e. The van der Waals surface area contributed by atoms with Gasteiger partial charge in [0.2, 0.25) is 5.13 Å². The zero-order valence-electron chi connectivity index (χ0n) is 9.33. The van der Waals surface area contributed by atoms with Crippen molar-refractivity contribution in [2.75, 3.05) is 5.32 Å². The molecule has 0 aliphatic carbocycles. The van der Waals surface area contributed by atoms with E-state index < -0.39 is 0 Å². The van der Waals surface area contributed by atoms with Crippen molar-refractivity contribution in [1.82, 2.24) is 10.2 Å². The van der Waals surface area contributed by atoms with Crippen LogP contribution in [0.3, 0.4) is 0 Å². The van der Waals surface area contributed by atoms with Gasteiger partial charge in [-0.1, -0.05) is 11.3 Å². The Morgan fingerprint density at radius 1 is 1.56 bits per heavy atom. The molecule has 0 aliphatic rings. The summed E-state index contributed by atoms with van der Waals surface area (Å²) in [6, 6.07) is 2.20. The predicted molar refractivity (Wildman–Crippen MR) is 67.5 cm³/mol. The Morgan fingerprint density at radius 3 is 2.81 bits per heavy atom. The fraction of sp³-hybridized carbons (Fsp3) is 0.400. The van der Waals surface area contributed by atoms with Crippen molar-refractivity contribution < 1.29 is 4.42 Å². The largest absolute Gasteiger partial charge is 0.466 e. The third kappa shape index (κ3) is 2.33. The van der Waals surface area contributed by atoms with Crippen molar-refractivity contribution in [1.29, 1.82) is 0 Å². The highest BCUT2D eigenvalue weighted by Gasteiger charge is 2.13. The topological polar surface area (TPSA) is 53.9 Å². The molecule has 2 rings (SSSR count). The fourth-order valence-electron chi connectivity index (χ4n) is 1.63. The minimum Gasteiger partial charge on any atom is -0.466 e. The summed E-state index contributed by atoms with van der Waals surface area (Å²) in [4.78, 5) is 0. The van der Waals surface area contributed by atoms with E-state index in [2.05, 4.69) is 22.4 Å². The molecule has 2 heterocycles. The average Bonchev–Trinajstić information content (AvgIpc) is 2.73. The maximum atomic E-state index is 5.49. The maximum absolute atomic E-state index is 5.49. The van der Waals surface area contributed by atoms with Gasteiger partial charge in [-0.3, -0.25) is 5.10 Å². The summed E-state index contributed by atoms with van der Waals surface area (Å²) in [6.45, 7) is 5.98. The van der Waals surface area contributed by atoms with Crippen molar-refractivity contribution >= 4 is 28.7 Å². The molecule has 6 heteroatoms. The molecule has 86 valence electrons. The minimum atomic E-state index is 0.159. The highest BCUT2D eigenvalue weighted by molar-refractivity contribution is 7.73. The molecule has 0 bridgehead atoms. The Hall–Kier alpha value is -1.14. The van der Waals surface area contributed by atoms with Gasteiger partial charge in [0.05, 0.1) is 6.04 Å². The molecule has 1 atom stereocenters. The van der Waals surface area contributed by atoms with Gasteiger partial charge in [0.15, 0.2) is 3.95 Å². The molecule has 2 aromatic heterocycles. The number of rotatable bonds is 3. The number of H-pyrrole nitrogens is 1. The molecular formula is C10H13N3OS2. The first-order chi connectivity index (χ1) is 7.56. The zero-order valence-corrected chi connectivity index (χ0v) is 11.0. The van der Waals surface area contributed by atoms with E-state index in [-0.39, 0.29) is 6.04 Å². The lowest BCUT2D eigenvalue weighted by Gasteiger charge is -2.10. The standard InChI is InChI=1S/C10H13N3OS2/c1-5-4-8(7(3)14-5)6(2)11-9-12-13-10(15)16-9/h4,6H,1-3H3,(H,11,12)(H,13,15). The van der Waals surface area contributed by atoms with Gasteiger partial charge >= 0.3 is 0 Å². The highest BCUT2D eigenvalue weighted by Crippen LogP contribution is 2.25. The Morgan fingerprint density at radius 2 is 2.31 bits per heavy atom. The van der Waals surface area contributed by atoms with Crippen LogP contribution < -0.4 is 5.32 Å². The molecule has 16 heavy (non-hydrogen) atoms. The summed E-state index contributed by atoms with van der Waals surface area (Å²) >= 11 is 6.40. The van der Waals surface area contributed by atoms with Crippen LogP contribution in [0.5, 0.6) is 0 Å². The predicted octanol–water partition coefficient (Wildman–Crippen LogP) is 3.58. The van der Waals surface area contributed by atoms with E-state index in [1.807, 2.05) is 19.9 Å². The van der Waals surface area contributed by atoms with Gasteiger partial charge in [0.1, 0.15) is 11.5 Å². The summed E-state index contributed by atoms with van der Waals surface area (Å²) in [7, 11) is 0. The molecule has 4 nitrogen and oxygen atoms in total. The van der Waals surface area contributed by atoms with Gasteiger partial charge in [0, 0.05) is 5.56 Å². The van der Waals surface area contributed by atoms with Gasteiger partial charge in [-0.15, -0.1) is 5.10 Å². The summed E-state index contributed by atoms with van der Waals surface area (Å²) in [5, 5.41) is 10.9. The number of nitrogens with one attached hydrogen (secondary N) is 2. The number of aromatic amines is 1. The SMILES string of the molecule is Cc1cc(C(C)Nc2n[nH]c(=S)s2)c(C)o1. The number of nitrogens with zero attached hydrogens (tertiary/aromatic N) is 1. The Labute approximate surface area is 103 Å². The lowest BCUT2D eigenvalue weighted by Crippen LogP contribution is -2.06. The second kappa shape index (κ2) is 4.39. The molecule has 0 fully saturated rings. The van der Waals surface area contributed by atoms with E-state index in [4.69, 9.17) is 16.6 Å². The van der Waals surface area contributed by atoms with Crippen LogP contribution in [0.1, 0.15) is 30.0 Å². The molecule has 0 saturated heterocycles. The van der Waals surface area contributed by atoms with Crippen LogP contribution in [0.25, 0.3) is 0 Å². The van der Waals surface area contributed by atoms with E-state index in [0.717, 1.165) is 22.2 Å². The molecule has 1 unspecified atom stereocenters. The monoisotopic (exact) mass is 255 g/mol. The quantitative estimate of drug-likeness (QED) is 0.823. The molecule has 0 aromatic carbocycles. The molecular weight excluding hydrogens is 242 g/mol. The van der Waals surface area contributed by atoms with Crippen molar-refractivity contribution in [2.24, 2.45) is 0 Å². The second-order valence-electron chi connectivity index (χ2n) is 3.65. The highest BCUT2D eigenvalue weighted by atomic mass is 32.1. The van der Waals surface area contributed by atoms with Crippen LogP contribution in [0, 0.1) is 17.8 Å². The first-order valence-corrected chi connectivity index (χ1v) is 6.17. The lowest BCUT2D eigenvalue weighted by atomic mass is 10.1. The molecule has 2 N–H and O–H groups in total. The number of anilines is 1. The Kier molecular flexibility index (Phi) is 3.11. The molecule has 0 aliphatic heterocycles. The first kappa shape index (κ1) is 11.3. The van der Waals surface area contributed by atoms with E-state index in [0.29, 0.717) is 3.95 Å². The number of furan rings is 1. The van der Waals surface area contributed by atoms with E-state index >= 15 is 0 Å². The zero-order chi connectivity index (χ0) is 11.7. The Balaban J connectivity index is 2.17. The number of aryl methyl sites for hydroxylation is 2. The fourth-order valence-corrected chi connectivity index (χ4v) is 2.51. The van der Waals surface area contributed by atoms with E-state index in [1.165, 1.54) is 11.3 Å².